The van der Waals surface area contributed by atoms with Crippen LogP contribution in [0.4, 0.5) is 5.69 Å². The molecule has 5 N–H and O–H groups in total. The van der Waals surface area contributed by atoms with Gasteiger partial charge in [0.2, 0.25) is 0 Å². The van der Waals surface area contributed by atoms with Gasteiger partial charge in [-0.1, -0.05) is 0 Å². The second-order valence-corrected chi connectivity index (χ2v) is 2.56. The van der Waals surface area contributed by atoms with Crippen LogP contribution in [0.1, 0.15) is 20.7 Å². The summed E-state index contributed by atoms with van der Waals surface area (Å²) in [4.78, 5) is 21.1. The summed E-state index contributed by atoms with van der Waals surface area (Å²) in [5, 5.41) is 26.3. The largest absolute Gasteiger partial charge is 0.508 e. The molecule has 6 nitrogen and oxygen atoms in total. The summed E-state index contributed by atoms with van der Waals surface area (Å²) < 4.78 is 0. The fourth-order valence-corrected chi connectivity index (χ4v) is 0.992. The molecule has 0 aromatic heterocycles. The van der Waals surface area contributed by atoms with Crippen LogP contribution >= 0.6 is 0 Å². The van der Waals surface area contributed by atoms with Gasteiger partial charge in [-0.05, 0) is 12.1 Å². The van der Waals surface area contributed by atoms with Gasteiger partial charge in [0.25, 0.3) is 0 Å². The number of benzene rings is 1. The molecule has 0 saturated heterocycles. The van der Waals surface area contributed by atoms with E-state index < -0.39 is 28.8 Å². The molecule has 6 heteroatoms. The Hall–Kier alpha value is -2.24. The van der Waals surface area contributed by atoms with Gasteiger partial charge in [-0.25, -0.2) is 9.59 Å². The zero-order chi connectivity index (χ0) is 10.9. The quantitative estimate of drug-likeness (QED) is 0.401. The van der Waals surface area contributed by atoms with Crippen molar-refractivity contribution in [1.82, 2.24) is 0 Å². The molecule has 0 aliphatic heterocycles. The molecular weight excluding hydrogens is 190 g/mol. The molecule has 0 bridgehead atoms. The van der Waals surface area contributed by atoms with E-state index in [4.69, 9.17) is 21.1 Å². The van der Waals surface area contributed by atoms with E-state index >= 15 is 0 Å². The van der Waals surface area contributed by atoms with Crippen LogP contribution in [0.3, 0.4) is 0 Å². The number of phenols is 1. The number of hydrogen-bond acceptors (Lipinski definition) is 4. The lowest BCUT2D eigenvalue weighted by atomic mass is 10.1. The third-order valence-electron chi connectivity index (χ3n) is 1.63. The fraction of sp³-hybridized carbons (Fsp3) is 0. The van der Waals surface area contributed by atoms with E-state index in [0.717, 1.165) is 12.1 Å². The van der Waals surface area contributed by atoms with Gasteiger partial charge in [0, 0.05) is 0 Å². The van der Waals surface area contributed by atoms with E-state index in [0.29, 0.717) is 0 Å². The maximum atomic E-state index is 10.6. The number of anilines is 1. The van der Waals surface area contributed by atoms with Crippen molar-refractivity contribution in [3.05, 3.63) is 23.3 Å². The Balaban J connectivity index is 3.47. The standard InChI is InChI=1S/C8H7NO5/c9-6-4(7(11)12)1-3(10)2-5(6)8(13)14/h1-2,10H,9H2,(H,11,12)(H,13,14). The predicted octanol–water partition coefficient (Wildman–Crippen LogP) is 0.371. The molecule has 1 rings (SSSR count). The van der Waals surface area contributed by atoms with Gasteiger partial charge < -0.3 is 21.1 Å². The van der Waals surface area contributed by atoms with Crippen molar-refractivity contribution >= 4 is 17.6 Å². The van der Waals surface area contributed by atoms with Crippen molar-refractivity contribution in [3.63, 3.8) is 0 Å². The number of phenolic OH excluding ortho intramolecular Hbond substituents is 1. The number of aromatic hydroxyl groups is 1. The zero-order valence-electron chi connectivity index (χ0n) is 6.89. The van der Waals surface area contributed by atoms with Crippen molar-refractivity contribution in [2.24, 2.45) is 0 Å². The van der Waals surface area contributed by atoms with Crippen LogP contribution < -0.4 is 5.73 Å². The van der Waals surface area contributed by atoms with Crippen LogP contribution in [0.2, 0.25) is 0 Å². The smallest absolute Gasteiger partial charge is 0.337 e. The van der Waals surface area contributed by atoms with Crippen LogP contribution in [0.25, 0.3) is 0 Å². The molecule has 0 radical (unpaired) electrons. The lowest BCUT2D eigenvalue weighted by Gasteiger charge is -2.05. The third kappa shape index (κ3) is 1.58. The summed E-state index contributed by atoms with van der Waals surface area (Å²) in [6, 6.07) is 1.79. The van der Waals surface area contributed by atoms with Gasteiger partial charge in [0.15, 0.2) is 0 Å². The third-order valence-corrected chi connectivity index (χ3v) is 1.63. The maximum Gasteiger partial charge on any atom is 0.337 e. The molecule has 0 heterocycles. The van der Waals surface area contributed by atoms with Crippen molar-refractivity contribution in [1.29, 1.82) is 0 Å². The predicted molar refractivity (Wildman–Crippen MR) is 46.4 cm³/mol. The van der Waals surface area contributed by atoms with E-state index in [-0.39, 0.29) is 5.69 Å². The Kier molecular flexibility index (Phi) is 2.29. The Labute approximate surface area is 78.2 Å². The normalized spacial score (nSPS) is 9.71. The van der Waals surface area contributed by atoms with Gasteiger partial charge in [-0.2, -0.15) is 0 Å². The number of nitrogens with two attached hydrogens (primary N) is 1. The molecule has 0 fully saturated rings. The van der Waals surface area contributed by atoms with E-state index in [1.807, 2.05) is 0 Å². The summed E-state index contributed by atoms with van der Waals surface area (Å²) in [5.41, 5.74) is 4.05. The molecule has 0 spiro atoms. The van der Waals surface area contributed by atoms with E-state index in [1.54, 1.807) is 0 Å². The molecule has 74 valence electrons. The molecular formula is C8H7NO5. The van der Waals surface area contributed by atoms with Crippen LogP contribution in [0.5, 0.6) is 5.75 Å². The fourth-order valence-electron chi connectivity index (χ4n) is 0.992. The second-order valence-electron chi connectivity index (χ2n) is 2.56. The minimum Gasteiger partial charge on any atom is -0.508 e. The summed E-state index contributed by atoms with van der Waals surface area (Å²) in [6.07, 6.45) is 0. The van der Waals surface area contributed by atoms with Crippen molar-refractivity contribution < 1.29 is 24.9 Å². The van der Waals surface area contributed by atoms with Crippen LogP contribution in [0.15, 0.2) is 12.1 Å². The molecule has 14 heavy (non-hydrogen) atoms. The minimum atomic E-state index is -1.39. The second kappa shape index (κ2) is 3.25. The van der Waals surface area contributed by atoms with Crippen molar-refractivity contribution in [3.8, 4) is 5.75 Å². The Morgan fingerprint density at radius 3 is 1.71 bits per heavy atom. The monoisotopic (exact) mass is 197 g/mol. The van der Waals surface area contributed by atoms with E-state index in [2.05, 4.69) is 0 Å². The highest BCUT2D eigenvalue weighted by Gasteiger charge is 2.17. The number of carboxylic acid groups (broad SMARTS) is 2. The first kappa shape index (κ1) is 9.85. The van der Waals surface area contributed by atoms with Crippen LogP contribution in [0, 0.1) is 0 Å². The van der Waals surface area contributed by atoms with E-state index in [1.165, 1.54) is 0 Å². The number of nitrogen functional groups attached to an aromatic ring is 1. The summed E-state index contributed by atoms with van der Waals surface area (Å²) in [7, 11) is 0. The molecule has 0 unspecified atom stereocenters. The highest BCUT2D eigenvalue weighted by molar-refractivity contribution is 6.03. The average Bonchev–Trinajstić information content (AvgIpc) is 2.07. The van der Waals surface area contributed by atoms with Gasteiger partial charge in [0.1, 0.15) is 5.75 Å². The molecule has 0 amide bonds. The first-order valence-corrected chi connectivity index (χ1v) is 3.52. The molecule has 1 aromatic rings. The van der Waals surface area contributed by atoms with Gasteiger partial charge in [-0.15, -0.1) is 0 Å². The first-order valence-electron chi connectivity index (χ1n) is 3.52. The molecule has 0 saturated carbocycles. The Morgan fingerprint density at radius 1 is 1.07 bits per heavy atom. The zero-order valence-corrected chi connectivity index (χ0v) is 6.89. The Morgan fingerprint density at radius 2 is 1.43 bits per heavy atom. The van der Waals surface area contributed by atoms with Crippen molar-refractivity contribution in [2.45, 2.75) is 0 Å². The minimum absolute atomic E-state index is 0.372. The van der Waals surface area contributed by atoms with Crippen molar-refractivity contribution in [2.75, 3.05) is 5.73 Å². The maximum absolute atomic E-state index is 10.6. The number of aromatic carboxylic acids is 2. The molecule has 0 atom stereocenters. The van der Waals surface area contributed by atoms with Gasteiger partial charge in [0.05, 0.1) is 16.8 Å². The number of hydrogen-bond donors (Lipinski definition) is 4. The Bertz CT molecular complexity index is 377. The lowest BCUT2D eigenvalue weighted by molar-refractivity contribution is 0.0696. The number of carboxylic acids is 2. The number of rotatable bonds is 2. The highest BCUT2D eigenvalue weighted by Crippen LogP contribution is 2.24. The summed E-state index contributed by atoms with van der Waals surface area (Å²) in [5.74, 6) is -3.23. The van der Waals surface area contributed by atoms with Gasteiger partial charge in [-0.3, -0.25) is 0 Å². The molecule has 0 aliphatic carbocycles. The van der Waals surface area contributed by atoms with Gasteiger partial charge >= 0.3 is 11.9 Å². The summed E-state index contributed by atoms with van der Waals surface area (Å²) >= 11 is 0. The number of carbonyl (C=O) groups is 2. The van der Waals surface area contributed by atoms with Crippen LogP contribution in [-0.2, 0) is 0 Å². The van der Waals surface area contributed by atoms with Crippen LogP contribution in [-0.4, -0.2) is 27.3 Å². The highest BCUT2D eigenvalue weighted by atomic mass is 16.4. The first-order chi connectivity index (χ1) is 6.43. The molecule has 0 aliphatic rings. The molecule has 1 aromatic carbocycles. The average molecular weight is 197 g/mol. The summed E-state index contributed by atoms with van der Waals surface area (Å²) in [6.45, 7) is 0. The lowest BCUT2D eigenvalue weighted by Crippen LogP contribution is -2.09. The van der Waals surface area contributed by atoms with E-state index in [9.17, 15) is 9.59 Å². The SMILES string of the molecule is Nc1c(C(=O)O)cc(O)cc1C(=O)O. The topological polar surface area (TPSA) is 121 Å².